The van der Waals surface area contributed by atoms with Crippen LogP contribution in [0.3, 0.4) is 0 Å². The van der Waals surface area contributed by atoms with E-state index in [1.165, 1.54) is 6.26 Å². The summed E-state index contributed by atoms with van der Waals surface area (Å²) in [6, 6.07) is 8.31. The SMILES string of the molecule is CS(=O)(=O)CC1(c2ccc(C3CNCCO3)cc2)CC1. The zero-order valence-electron chi connectivity index (χ0n) is 11.8. The predicted octanol–water partition coefficient (Wildman–Crippen LogP) is 1.42. The van der Waals surface area contributed by atoms with E-state index in [-0.39, 0.29) is 17.3 Å². The molecular formula is C15H21NO3S. The van der Waals surface area contributed by atoms with Gasteiger partial charge in [-0.3, -0.25) is 0 Å². The van der Waals surface area contributed by atoms with Crippen LogP contribution in [0.2, 0.25) is 0 Å². The summed E-state index contributed by atoms with van der Waals surface area (Å²) >= 11 is 0. The lowest BCUT2D eigenvalue weighted by atomic mass is 9.96. The molecule has 1 atom stereocenters. The number of hydrogen-bond donors (Lipinski definition) is 1. The molecule has 1 aromatic rings. The van der Waals surface area contributed by atoms with Crippen LogP contribution >= 0.6 is 0 Å². The third-order valence-electron chi connectivity index (χ3n) is 4.21. The van der Waals surface area contributed by atoms with Crippen molar-refractivity contribution in [3.63, 3.8) is 0 Å². The van der Waals surface area contributed by atoms with Crippen LogP contribution in [0.25, 0.3) is 0 Å². The summed E-state index contributed by atoms with van der Waals surface area (Å²) < 4.78 is 28.8. The first-order valence-electron chi connectivity index (χ1n) is 7.09. The van der Waals surface area contributed by atoms with Gasteiger partial charge in [0.25, 0.3) is 0 Å². The van der Waals surface area contributed by atoms with Gasteiger partial charge in [0.15, 0.2) is 0 Å². The number of morpholine rings is 1. The molecule has 1 aliphatic heterocycles. The Hall–Kier alpha value is -0.910. The molecule has 2 fully saturated rings. The fourth-order valence-corrected chi connectivity index (χ4v) is 4.46. The Morgan fingerprint density at radius 1 is 1.30 bits per heavy atom. The van der Waals surface area contributed by atoms with E-state index >= 15 is 0 Å². The molecule has 1 aliphatic carbocycles. The normalized spacial score (nSPS) is 25.4. The molecule has 0 amide bonds. The number of hydrogen-bond acceptors (Lipinski definition) is 4. The second-order valence-corrected chi connectivity index (χ2v) is 8.18. The van der Waals surface area contributed by atoms with Crippen molar-refractivity contribution in [2.24, 2.45) is 0 Å². The van der Waals surface area contributed by atoms with Gasteiger partial charge < -0.3 is 10.1 Å². The van der Waals surface area contributed by atoms with Crippen molar-refractivity contribution < 1.29 is 13.2 Å². The molecule has 1 unspecified atom stereocenters. The van der Waals surface area contributed by atoms with Gasteiger partial charge in [-0.1, -0.05) is 24.3 Å². The minimum absolute atomic E-state index is 0.114. The standard InChI is InChI=1S/C15H21NO3S/c1-20(17,18)11-15(6-7-15)13-4-2-12(3-5-13)14-10-16-8-9-19-14/h2-5,14,16H,6-11H2,1H3. The van der Waals surface area contributed by atoms with Gasteiger partial charge >= 0.3 is 0 Å². The summed E-state index contributed by atoms with van der Waals surface area (Å²) in [5.41, 5.74) is 2.18. The summed E-state index contributed by atoms with van der Waals surface area (Å²) in [5, 5.41) is 3.32. The molecule has 1 saturated heterocycles. The Balaban J connectivity index is 1.76. The topological polar surface area (TPSA) is 55.4 Å². The van der Waals surface area contributed by atoms with Crippen molar-refractivity contribution in [2.75, 3.05) is 31.7 Å². The van der Waals surface area contributed by atoms with Crippen LogP contribution in [0.4, 0.5) is 0 Å². The van der Waals surface area contributed by atoms with Crippen LogP contribution in [0, 0.1) is 0 Å². The first-order valence-corrected chi connectivity index (χ1v) is 9.15. The van der Waals surface area contributed by atoms with E-state index in [1.54, 1.807) is 0 Å². The molecule has 3 rings (SSSR count). The third-order valence-corrected chi connectivity index (χ3v) is 5.29. The van der Waals surface area contributed by atoms with E-state index in [4.69, 9.17) is 4.74 Å². The van der Waals surface area contributed by atoms with E-state index in [2.05, 4.69) is 29.6 Å². The molecule has 0 radical (unpaired) electrons. The average molecular weight is 295 g/mol. The fourth-order valence-electron chi connectivity index (χ4n) is 3.00. The Bertz CT molecular complexity index is 570. The van der Waals surface area contributed by atoms with Crippen molar-refractivity contribution in [3.8, 4) is 0 Å². The highest BCUT2D eigenvalue weighted by Gasteiger charge is 2.46. The molecular weight excluding hydrogens is 274 g/mol. The lowest BCUT2D eigenvalue weighted by Gasteiger charge is -2.24. The van der Waals surface area contributed by atoms with E-state index in [0.29, 0.717) is 0 Å². The van der Waals surface area contributed by atoms with Crippen LogP contribution in [0.1, 0.15) is 30.1 Å². The largest absolute Gasteiger partial charge is 0.371 e. The van der Waals surface area contributed by atoms with Gasteiger partial charge in [0, 0.05) is 24.8 Å². The van der Waals surface area contributed by atoms with Crippen LogP contribution in [0.5, 0.6) is 0 Å². The maximum Gasteiger partial charge on any atom is 0.148 e. The molecule has 2 aliphatic rings. The summed E-state index contributed by atoms with van der Waals surface area (Å²) in [6.45, 7) is 2.49. The summed E-state index contributed by atoms with van der Waals surface area (Å²) in [7, 11) is -2.93. The average Bonchev–Trinajstić information content (AvgIpc) is 3.19. The summed E-state index contributed by atoms with van der Waals surface area (Å²) in [6.07, 6.45) is 3.38. The van der Waals surface area contributed by atoms with Crippen LogP contribution in [-0.2, 0) is 20.0 Å². The van der Waals surface area contributed by atoms with E-state index in [9.17, 15) is 8.42 Å². The van der Waals surface area contributed by atoms with E-state index in [0.717, 1.165) is 43.7 Å². The Morgan fingerprint density at radius 2 is 2.00 bits per heavy atom. The second kappa shape index (κ2) is 5.13. The zero-order valence-corrected chi connectivity index (χ0v) is 12.6. The molecule has 1 N–H and O–H groups in total. The molecule has 110 valence electrons. The molecule has 1 aromatic carbocycles. The highest BCUT2D eigenvalue weighted by atomic mass is 32.2. The molecule has 0 bridgehead atoms. The maximum atomic E-state index is 11.5. The first-order chi connectivity index (χ1) is 9.49. The van der Waals surface area contributed by atoms with Gasteiger partial charge in [0.05, 0.1) is 18.5 Å². The lowest BCUT2D eigenvalue weighted by molar-refractivity contribution is 0.0277. The third kappa shape index (κ3) is 3.05. The van der Waals surface area contributed by atoms with Crippen molar-refractivity contribution in [2.45, 2.75) is 24.4 Å². The van der Waals surface area contributed by atoms with Crippen LogP contribution < -0.4 is 5.32 Å². The highest BCUT2D eigenvalue weighted by Crippen LogP contribution is 2.49. The number of ether oxygens (including phenoxy) is 1. The molecule has 0 aromatic heterocycles. The van der Waals surface area contributed by atoms with E-state index < -0.39 is 9.84 Å². The van der Waals surface area contributed by atoms with E-state index in [1.807, 2.05) is 0 Å². The summed E-state index contributed by atoms with van der Waals surface area (Å²) in [5.74, 6) is 0.265. The van der Waals surface area contributed by atoms with Crippen molar-refractivity contribution >= 4 is 9.84 Å². The molecule has 5 heteroatoms. The van der Waals surface area contributed by atoms with Gasteiger partial charge in [0.1, 0.15) is 9.84 Å². The maximum absolute atomic E-state index is 11.5. The quantitative estimate of drug-likeness (QED) is 0.913. The number of rotatable bonds is 4. The number of nitrogens with one attached hydrogen (secondary N) is 1. The van der Waals surface area contributed by atoms with Crippen LogP contribution in [-0.4, -0.2) is 40.1 Å². The van der Waals surface area contributed by atoms with Crippen molar-refractivity contribution in [1.82, 2.24) is 5.32 Å². The Morgan fingerprint density at radius 3 is 2.50 bits per heavy atom. The Labute approximate surface area is 120 Å². The van der Waals surface area contributed by atoms with Crippen molar-refractivity contribution in [1.29, 1.82) is 0 Å². The second-order valence-electron chi connectivity index (χ2n) is 6.04. The fraction of sp³-hybridized carbons (Fsp3) is 0.600. The van der Waals surface area contributed by atoms with Gasteiger partial charge in [-0.15, -0.1) is 0 Å². The molecule has 20 heavy (non-hydrogen) atoms. The van der Waals surface area contributed by atoms with Crippen LogP contribution in [0.15, 0.2) is 24.3 Å². The molecule has 1 saturated carbocycles. The lowest BCUT2D eigenvalue weighted by Crippen LogP contribution is -2.33. The molecule has 4 nitrogen and oxygen atoms in total. The number of benzene rings is 1. The van der Waals surface area contributed by atoms with Gasteiger partial charge in [-0.05, 0) is 24.0 Å². The smallest absolute Gasteiger partial charge is 0.148 e. The minimum Gasteiger partial charge on any atom is -0.371 e. The van der Waals surface area contributed by atoms with Crippen molar-refractivity contribution in [3.05, 3.63) is 35.4 Å². The predicted molar refractivity (Wildman–Crippen MR) is 78.6 cm³/mol. The minimum atomic E-state index is -2.93. The monoisotopic (exact) mass is 295 g/mol. The Kier molecular flexibility index (Phi) is 3.60. The molecule has 0 spiro atoms. The highest BCUT2D eigenvalue weighted by molar-refractivity contribution is 7.90. The molecule has 1 heterocycles. The van der Waals surface area contributed by atoms with Gasteiger partial charge in [0.2, 0.25) is 0 Å². The summed E-state index contributed by atoms with van der Waals surface area (Å²) in [4.78, 5) is 0. The zero-order chi connectivity index (χ0) is 14.2. The first kappa shape index (κ1) is 14.0. The number of sulfone groups is 1. The van der Waals surface area contributed by atoms with Gasteiger partial charge in [-0.2, -0.15) is 0 Å². The van der Waals surface area contributed by atoms with Gasteiger partial charge in [-0.25, -0.2) is 8.42 Å².